The number of hydrogen-bond acceptors (Lipinski definition) is 5. The molecule has 1 fully saturated rings. The molecule has 0 spiro atoms. The summed E-state index contributed by atoms with van der Waals surface area (Å²) in [5.41, 5.74) is 0. The van der Waals surface area contributed by atoms with Gasteiger partial charge >= 0.3 is 12.1 Å². The van der Waals surface area contributed by atoms with Crippen molar-refractivity contribution in [1.29, 1.82) is 0 Å². The van der Waals surface area contributed by atoms with Crippen LogP contribution in [0.3, 0.4) is 0 Å². The molecule has 0 aromatic heterocycles. The molecule has 0 aromatic rings. The Morgan fingerprint density at radius 2 is 2.06 bits per heavy atom. The van der Waals surface area contributed by atoms with Crippen LogP contribution in [0.25, 0.3) is 0 Å². The van der Waals surface area contributed by atoms with Crippen LogP contribution in [0.2, 0.25) is 0 Å². The second-order valence-corrected chi connectivity index (χ2v) is 3.92. The molecule has 2 heterocycles. The fourth-order valence-corrected chi connectivity index (χ4v) is 1.88. The fourth-order valence-electron chi connectivity index (χ4n) is 1.88. The third-order valence-electron chi connectivity index (χ3n) is 2.72. The molecule has 0 bridgehead atoms. The van der Waals surface area contributed by atoms with Crippen molar-refractivity contribution in [2.45, 2.75) is 37.6 Å². The molecule has 92 valence electrons. The van der Waals surface area contributed by atoms with E-state index in [4.69, 9.17) is 14.2 Å². The molecule has 0 aliphatic carbocycles. The van der Waals surface area contributed by atoms with Gasteiger partial charge in [0.2, 0.25) is 0 Å². The summed E-state index contributed by atoms with van der Waals surface area (Å²) in [6.45, 7) is 3.57. The van der Waals surface area contributed by atoms with E-state index < -0.39 is 24.5 Å². The molecular formula is C12H14O5. The van der Waals surface area contributed by atoms with E-state index in [9.17, 15) is 9.59 Å². The van der Waals surface area contributed by atoms with E-state index in [2.05, 4.69) is 6.58 Å². The van der Waals surface area contributed by atoms with Crippen molar-refractivity contribution < 1.29 is 23.8 Å². The number of rotatable bonds is 1. The first-order valence-electron chi connectivity index (χ1n) is 5.55. The SMILES string of the molecule is C=C[C@H]1OC(=O)O[C@H]2C/C=C\CCC(=O)O[C@@H]21. The number of carbonyl (C=O) groups excluding carboxylic acids is 2. The third kappa shape index (κ3) is 2.67. The van der Waals surface area contributed by atoms with Crippen molar-refractivity contribution in [2.24, 2.45) is 0 Å². The molecule has 5 nitrogen and oxygen atoms in total. The van der Waals surface area contributed by atoms with Gasteiger partial charge in [-0.05, 0) is 12.5 Å². The lowest BCUT2D eigenvalue weighted by atomic mass is 10.0. The molecular weight excluding hydrogens is 224 g/mol. The Morgan fingerprint density at radius 3 is 2.82 bits per heavy atom. The van der Waals surface area contributed by atoms with E-state index >= 15 is 0 Å². The Labute approximate surface area is 99.0 Å². The maximum Gasteiger partial charge on any atom is 0.509 e. The lowest BCUT2D eigenvalue weighted by Gasteiger charge is -2.34. The van der Waals surface area contributed by atoms with E-state index in [1.165, 1.54) is 6.08 Å². The quantitative estimate of drug-likeness (QED) is 0.514. The van der Waals surface area contributed by atoms with Gasteiger partial charge in [0.15, 0.2) is 12.2 Å². The van der Waals surface area contributed by atoms with Crippen LogP contribution in [-0.4, -0.2) is 30.4 Å². The maximum absolute atomic E-state index is 11.5. The van der Waals surface area contributed by atoms with Crippen molar-refractivity contribution >= 4 is 12.1 Å². The van der Waals surface area contributed by atoms with Crippen LogP contribution < -0.4 is 0 Å². The first-order valence-corrected chi connectivity index (χ1v) is 5.55. The minimum Gasteiger partial charge on any atom is -0.454 e. The highest BCUT2D eigenvalue weighted by atomic mass is 16.8. The smallest absolute Gasteiger partial charge is 0.454 e. The lowest BCUT2D eigenvalue weighted by molar-refractivity contribution is -0.175. The average Bonchev–Trinajstić information content (AvgIpc) is 2.38. The minimum atomic E-state index is -0.750. The highest BCUT2D eigenvalue weighted by molar-refractivity contribution is 5.70. The van der Waals surface area contributed by atoms with Crippen LogP contribution in [0, 0.1) is 0 Å². The predicted octanol–water partition coefficient (Wildman–Crippen LogP) is 1.73. The third-order valence-corrected chi connectivity index (χ3v) is 2.72. The predicted molar refractivity (Wildman–Crippen MR) is 58.2 cm³/mol. The molecule has 2 aliphatic rings. The van der Waals surface area contributed by atoms with Crippen LogP contribution in [0.5, 0.6) is 0 Å². The highest BCUT2D eigenvalue weighted by Crippen LogP contribution is 2.24. The highest BCUT2D eigenvalue weighted by Gasteiger charge is 2.41. The summed E-state index contributed by atoms with van der Waals surface area (Å²) in [5.74, 6) is -0.319. The largest absolute Gasteiger partial charge is 0.509 e. The first kappa shape index (κ1) is 11.7. The van der Waals surface area contributed by atoms with Crippen LogP contribution in [0.1, 0.15) is 19.3 Å². The second-order valence-electron chi connectivity index (χ2n) is 3.92. The molecule has 0 radical (unpaired) electrons. The second kappa shape index (κ2) is 5.03. The molecule has 1 saturated heterocycles. The van der Waals surface area contributed by atoms with Crippen molar-refractivity contribution in [1.82, 2.24) is 0 Å². The maximum atomic E-state index is 11.5. The number of fused-ring (bicyclic) bond motifs is 1. The van der Waals surface area contributed by atoms with Gasteiger partial charge in [-0.25, -0.2) is 4.79 Å². The van der Waals surface area contributed by atoms with Crippen LogP contribution in [0.4, 0.5) is 4.79 Å². The standard InChI is InChI=1S/C12H14O5/c1-2-8-11-9(16-12(14)15-8)6-4-3-5-7-10(13)17-11/h2-4,8-9,11H,1,5-7H2/b4-3-/t8-,9+,11-/m1/s1. The molecule has 17 heavy (non-hydrogen) atoms. The molecule has 2 rings (SSSR count). The van der Waals surface area contributed by atoms with Crippen molar-refractivity contribution in [2.75, 3.05) is 0 Å². The molecule has 3 atom stereocenters. The Kier molecular flexibility index (Phi) is 3.46. The van der Waals surface area contributed by atoms with Gasteiger partial charge in [-0.2, -0.15) is 0 Å². The summed E-state index contributed by atoms with van der Waals surface area (Å²) in [5, 5.41) is 0. The van der Waals surface area contributed by atoms with Crippen LogP contribution in [0.15, 0.2) is 24.8 Å². The van der Waals surface area contributed by atoms with E-state index in [1.54, 1.807) is 0 Å². The molecule has 5 heteroatoms. The zero-order chi connectivity index (χ0) is 12.3. The number of carbonyl (C=O) groups is 2. The van der Waals surface area contributed by atoms with Crippen molar-refractivity contribution in [3.63, 3.8) is 0 Å². The van der Waals surface area contributed by atoms with Gasteiger partial charge in [0.1, 0.15) is 6.10 Å². The molecule has 0 saturated carbocycles. The van der Waals surface area contributed by atoms with Gasteiger partial charge in [-0.1, -0.05) is 18.7 Å². The summed E-state index contributed by atoms with van der Waals surface area (Å²) in [6, 6.07) is 0. The van der Waals surface area contributed by atoms with Crippen LogP contribution in [-0.2, 0) is 19.0 Å². The summed E-state index contributed by atoms with van der Waals surface area (Å²) < 4.78 is 15.2. The average molecular weight is 238 g/mol. The molecule has 0 amide bonds. The van der Waals surface area contributed by atoms with Crippen molar-refractivity contribution in [3.8, 4) is 0 Å². The van der Waals surface area contributed by atoms with Crippen LogP contribution >= 0.6 is 0 Å². The molecule has 2 aliphatic heterocycles. The minimum absolute atomic E-state index is 0.317. The number of allylic oxidation sites excluding steroid dienone is 1. The fraction of sp³-hybridized carbons (Fsp3) is 0.500. The lowest BCUT2D eigenvalue weighted by Crippen LogP contribution is -2.49. The van der Waals surface area contributed by atoms with E-state index in [1.807, 2.05) is 12.2 Å². The Bertz CT molecular complexity index is 360. The first-order chi connectivity index (χ1) is 8.20. The normalized spacial score (nSPS) is 34.9. The number of ether oxygens (including phenoxy) is 3. The molecule has 0 unspecified atom stereocenters. The Hall–Kier alpha value is -1.78. The van der Waals surface area contributed by atoms with Gasteiger partial charge < -0.3 is 14.2 Å². The topological polar surface area (TPSA) is 61.8 Å². The zero-order valence-electron chi connectivity index (χ0n) is 9.33. The van der Waals surface area contributed by atoms with Gasteiger partial charge in [0, 0.05) is 12.8 Å². The van der Waals surface area contributed by atoms with Gasteiger partial charge in [0.05, 0.1) is 0 Å². The molecule has 0 N–H and O–H groups in total. The zero-order valence-corrected chi connectivity index (χ0v) is 9.33. The van der Waals surface area contributed by atoms with Gasteiger partial charge in [0.25, 0.3) is 0 Å². The monoisotopic (exact) mass is 238 g/mol. The van der Waals surface area contributed by atoms with E-state index in [0.717, 1.165) is 0 Å². The number of hydrogen-bond donors (Lipinski definition) is 0. The molecule has 0 aromatic carbocycles. The van der Waals surface area contributed by atoms with Gasteiger partial charge in [-0.3, -0.25) is 4.79 Å². The Balaban J connectivity index is 2.20. The number of esters is 1. The summed E-state index contributed by atoms with van der Waals surface area (Å²) in [6.07, 6.45) is 4.18. The van der Waals surface area contributed by atoms with Crippen molar-refractivity contribution in [3.05, 3.63) is 24.8 Å². The summed E-state index contributed by atoms with van der Waals surface area (Å²) >= 11 is 0. The Morgan fingerprint density at radius 1 is 1.24 bits per heavy atom. The van der Waals surface area contributed by atoms with E-state index in [-0.39, 0.29) is 5.97 Å². The van der Waals surface area contributed by atoms with E-state index in [0.29, 0.717) is 19.3 Å². The summed E-state index contributed by atoms with van der Waals surface area (Å²) in [7, 11) is 0. The number of cyclic esters (lactones) is 1. The summed E-state index contributed by atoms with van der Waals surface area (Å²) in [4.78, 5) is 22.7. The van der Waals surface area contributed by atoms with Gasteiger partial charge in [-0.15, -0.1) is 0 Å².